The van der Waals surface area contributed by atoms with Crippen LogP contribution in [-0.2, 0) is 0 Å². The van der Waals surface area contributed by atoms with E-state index in [1.165, 1.54) is 0 Å². The van der Waals surface area contributed by atoms with E-state index in [0.717, 1.165) is 0 Å². The third kappa shape index (κ3) is 53.8. The second-order valence-electron chi connectivity index (χ2n) is 0. The summed E-state index contributed by atoms with van der Waals surface area (Å²) in [5.74, 6) is 0. The summed E-state index contributed by atoms with van der Waals surface area (Å²) in [5, 5.41) is 0. The van der Waals surface area contributed by atoms with Gasteiger partial charge >= 0.3 is 37.7 Å². The first kappa shape index (κ1) is 52.8. The molecule has 0 heterocycles. The Balaban J connectivity index is -0.000000000833. The van der Waals surface area contributed by atoms with Crippen LogP contribution < -0.4 is 4.66 Å². The van der Waals surface area contributed by atoms with Gasteiger partial charge in [0.2, 0.25) is 0 Å². The van der Waals surface area contributed by atoms with Gasteiger partial charge in [0.25, 0.3) is 0 Å². The van der Waals surface area contributed by atoms with Crippen molar-refractivity contribution in [3.05, 3.63) is 0 Å². The largest absolute Gasteiger partial charge is 2.00 e. The third-order valence-electron chi connectivity index (χ3n) is 0. The van der Waals surface area contributed by atoms with Crippen LogP contribution in [0.3, 0.4) is 0 Å². The van der Waals surface area contributed by atoms with Gasteiger partial charge in [-0.25, -0.2) is 11.9 Å². The fourth-order valence-corrected chi connectivity index (χ4v) is 0. The van der Waals surface area contributed by atoms with E-state index in [2.05, 4.69) is 11.9 Å². The van der Waals surface area contributed by atoms with E-state index >= 15 is 0 Å². The maximum absolute atomic E-state index is 7.72. The fraction of sp³-hybridized carbons (Fsp3) is 0. The minimum absolute atomic E-state index is 0. The van der Waals surface area contributed by atoms with Crippen molar-refractivity contribution < 1.29 is 21.1 Å². The van der Waals surface area contributed by atoms with Crippen LogP contribution in [0.4, 0.5) is 0 Å². The molecule has 0 rings (SSSR count). The summed E-state index contributed by atoms with van der Waals surface area (Å²) in [6.07, 6.45) is 0. The van der Waals surface area contributed by atoms with Crippen molar-refractivity contribution in [2.45, 2.75) is 0 Å². The van der Waals surface area contributed by atoms with Crippen LogP contribution in [-0.4, -0.2) is 54.2 Å². The topological polar surface area (TPSA) is 118 Å². The van der Waals surface area contributed by atoms with Gasteiger partial charge in [-0.2, -0.15) is 0 Å². The first-order chi connectivity index (χ1) is 1.00. The predicted molar refractivity (Wildman–Crippen MR) is 22.4 cm³/mol. The Labute approximate surface area is 70.2 Å². The Morgan fingerprint density at radius 3 is 0.833 bits per heavy atom. The van der Waals surface area contributed by atoms with E-state index in [1.807, 2.05) is 0 Å². The molecule has 0 amide bonds. The number of halogens is 1. The van der Waals surface area contributed by atoms with Gasteiger partial charge in [0, 0.05) is 0 Å². The molecule has 0 atom stereocenters. The molecule has 4 nitrogen and oxygen atoms in total. The Morgan fingerprint density at radius 2 is 0.833 bits per heavy atom. The quantitative estimate of drug-likeness (QED) is 0.325. The van der Waals surface area contributed by atoms with E-state index in [9.17, 15) is 0 Å². The SMILES string of the molecule is O.O.O.[Ca+2].[O-]Cl. The van der Waals surface area contributed by atoms with Crippen molar-refractivity contribution in [3.8, 4) is 0 Å². The number of hydrogen-bond donors (Lipinski definition) is 0. The predicted octanol–water partition coefficient (Wildman–Crippen LogP) is -3.35. The standard InChI is InChI=1S/Ca.ClO.3H2O/c;1-2;;;/h;;3*1H2/q+2;-1;;;. The molecule has 0 aromatic rings. The summed E-state index contributed by atoms with van der Waals surface area (Å²) in [6.45, 7) is 0. The van der Waals surface area contributed by atoms with E-state index in [-0.39, 0.29) is 54.2 Å². The van der Waals surface area contributed by atoms with Crippen molar-refractivity contribution in [1.29, 1.82) is 0 Å². The summed E-state index contributed by atoms with van der Waals surface area (Å²) >= 11 is 3.39. The minimum Gasteiger partial charge on any atom is -0.769 e. The molecular weight excluding hydrogens is 140 g/mol. The first-order valence-electron chi connectivity index (χ1n) is 0.154. The first-order valence-corrected chi connectivity index (χ1v) is 0.463. The molecule has 0 spiro atoms. The normalized spacial score (nSPS) is 1.00. The van der Waals surface area contributed by atoms with Gasteiger partial charge in [-0.15, -0.1) is 0 Å². The molecular formula is H6CaClO4+. The van der Waals surface area contributed by atoms with Crippen LogP contribution >= 0.6 is 11.9 Å². The molecule has 0 bridgehead atoms. The zero-order chi connectivity index (χ0) is 2.00. The van der Waals surface area contributed by atoms with Crippen LogP contribution in [0.2, 0.25) is 0 Å². The Bertz CT molecular complexity index is 7.51. The molecule has 0 aliphatic rings. The smallest absolute Gasteiger partial charge is 0.769 e. The molecule has 6 N–H and O–H groups in total. The van der Waals surface area contributed by atoms with E-state index < -0.39 is 0 Å². The van der Waals surface area contributed by atoms with Gasteiger partial charge in [0.1, 0.15) is 0 Å². The average Bonchev–Trinajstić information content (AvgIpc) is 1.00. The molecule has 0 unspecified atom stereocenters. The molecule has 0 saturated heterocycles. The molecule has 0 aromatic heterocycles. The van der Waals surface area contributed by atoms with Crippen molar-refractivity contribution in [3.63, 3.8) is 0 Å². The van der Waals surface area contributed by atoms with Gasteiger partial charge in [0.05, 0.1) is 0 Å². The summed E-state index contributed by atoms with van der Waals surface area (Å²) in [7, 11) is 0. The van der Waals surface area contributed by atoms with E-state index in [1.54, 1.807) is 0 Å². The molecule has 0 aliphatic heterocycles. The van der Waals surface area contributed by atoms with Crippen molar-refractivity contribution in [2.75, 3.05) is 0 Å². The molecule has 6 heteroatoms. The second-order valence-corrected chi connectivity index (χ2v) is 0. The summed E-state index contributed by atoms with van der Waals surface area (Å²) in [6, 6.07) is 0. The summed E-state index contributed by atoms with van der Waals surface area (Å²) in [4.78, 5) is 0. The van der Waals surface area contributed by atoms with Gasteiger partial charge in [-0.3, -0.25) is 0 Å². The average molecular weight is 146 g/mol. The van der Waals surface area contributed by atoms with Crippen LogP contribution in [0, 0.1) is 0 Å². The molecule has 0 fully saturated rings. The molecule has 6 heavy (non-hydrogen) atoms. The summed E-state index contributed by atoms with van der Waals surface area (Å²) < 4.78 is 7.72. The molecule has 0 aliphatic carbocycles. The van der Waals surface area contributed by atoms with Crippen LogP contribution in [0.15, 0.2) is 0 Å². The number of hydrogen-bond acceptors (Lipinski definition) is 1. The maximum Gasteiger partial charge on any atom is 2.00 e. The zero-order valence-corrected chi connectivity index (χ0v) is 5.96. The third-order valence-corrected chi connectivity index (χ3v) is 0. The number of rotatable bonds is 0. The minimum atomic E-state index is 0. The summed E-state index contributed by atoms with van der Waals surface area (Å²) in [5.41, 5.74) is 0. The Morgan fingerprint density at radius 1 is 0.833 bits per heavy atom. The van der Waals surface area contributed by atoms with E-state index in [4.69, 9.17) is 4.66 Å². The van der Waals surface area contributed by atoms with Gasteiger partial charge in [-0.1, -0.05) is 0 Å². The second kappa shape index (κ2) is 96.1. The Kier molecular flexibility index (Phi) is 846. The van der Waals surface area contributed by atoms with Crippen molar-refractivity contribution in [1.82, 2.24) is 0 Å². The zero-order valence-electron chi connectivity index (χ0n) is 2.99. The van der Waals surface area contributed by atoms with Crippen LogP contribution in [0.5, 0.6) is 0 Å². The maximum atomic E-state index is 7.72. The monoisotopic (exact) mass is 145 g/mol. The fourth-order valence-electron chi connectivity index (χ4n) is 0. The van der Waals surface area contributed by atoms with Crippen molar-refractivity contribution in [2.24, 2.45) is 0 Å². The molecule has 0 saturated carbocycles. The molecule has 0 aromatic carbocycles. The van der Waals surface area contributed by atoms with Gasteiger partial charge in [-0.05, 0) is 0 Å². The van der Waals surface area contributed by atoms with Gasteiger partial charge in [0.15, 0.2) is 0 Å². The van der Waals surface area contributed by atoms with E-state index in [0.29, 0.717) is 0 Å². The van der Waals surface area contributed by atoms with Crippen LogP contribution in [0.25, 0.3) is 0 Å². The molecule has 0 radical (unpaired) electrons. The van der Waals surface area contributed by atoms with Gasteiger partial charge < -0.3 is 21.1 Å². The van der Waals surface area contributed by atoms with Crippen LogP contribution in [0.1, 0.15) is 0 Å². The Hall–Kier alpha value is 1.39. The molecule has 38 valence electrons. The van der Waals surface area contributed by atoms with Crippen molar-refractivity contribution >= 4 is 49.6 Å².